The first-order valence-corrected chi connectivity index (χ1v) is 5.87. The molecule has 78 valence electrons. The van der Waals surface area contributed by atoms with Gasteiger partial charge >= 0.3 is 0 Å². The summed E-state index contributed by atoms with van der Waals surface area (Å²) in [7, 11) is 4.15. The van der Waals surface area contributed by atoms with Gasteiger partial charge in [-0.1, -0.05) is 0 Å². The predicted octanol–water partition coefficient (Wildman–Crippen LogP) is 1.46. The van der Waals surface area contributed by atoms with E-state index in [9.17, 15) is 0 Å². The van der Waals surface area contributed by atoms with Crippen LogP contribution in [0.5, 0.6) is 0 Å². The Labute approximate surface area is 89.1 Å². The van der Waals surface area contributed by atoms with Crippen LogP contribution in [0.3, 0.4) is 0 Å². The molecule has 2 rings (SSSR count). The van der Waals surface area contributed by atoms with Crippen LogP contribution in [0, 0.1) is 0 Å². The van der Waals surface area contributed by atoms with Crippen molar-refractivity contribution in [2.75, 3.05) is 14.1 Å². The molecule has 1 aromatic heterocycles. The molecule has 1 heterocycles. The molecule has 0 amide bonds. The van der Waals surface area contributed by atoms with Gasteiger partial charge in [-0.05, 0) is 26.9 Å². The van der Waals surface area contributed by atoms with Crippen LogP contribution in [0.1, 0.15) is 22.7 Å². The molecule has 1 saturated carbocycles. The number of hydrogen-bond donors (Lipinski definition) is 1. The highest BCUT2D eigenvalue weighted by atomic mass is 32.1. The molecule has 0 saturated heterocycles. The van der Waals surface area contributed by atoms with Gasteiger partial charge in [-0.3, -0.25) is 0 Å². The lowest BCUT2D eigenvalue weighted by Crippen LogP contribution is -2.14. The molecule has 0 atom stereocenters. The van der Waals surface area contributed by atoms with E-state index in [0.29, 0.717) is 0 Å². The Morgan fingerprint density at radius 3 is 3.00 bits per heavy atom. The van der Waals surface area contributed by atoms with Crippen LogP contribution in [0.25, 0.3) is 0 Å². The molecule has 0 spiro atoms. The second kappa shape index (κ2) is 4.38. The Morgan fingerprint density at radius 1 is 1.57 bits per heavy atom. The van der Waals surface area contributed by atoms with Crippen molar-refractivity contribution >= 4 is 11.3 Å². The van der Waals surface area contributed by atoms with Crippen molar-refractivity contribution in [3.63, 3.8) is 0 Å². The first-order valence-electron chi connectivity index (χ1n) is 5.06. The number of nitrogens with one attached hydrogen (secondary N) is 1. The topological polar surface area (TPSA) is 28.2 Å². The highest BCUT2D eigenvalue weighted by molar-refractivity contribution is 7.11. The van der Waals surface area contributed by atoms with Crippen molar-refractivity contribution in [3.05, 3.63) is 16.1 Å². The van der Waals surface area contributed by atoms with Crippen molar-refractivity contribution in [2.24, 2.45) is 0 Å². The van der Waals surface area contributed by atoms with Crippen LogP contribution in [0.15, 0.2) is 6.20 Å². The molecule has 1 N–H and O–H groups in total. The quantitative estimate of drug-likeness (QED) is 0.799. The predicted molar refractivity (Wildman–Crippen MR) is 59.4 cm³/mol. The summed E-state index contributed by atoms with van der Waals surface area (Å²) >= 11 is 1.82. The molecule has 0 unspecified atom stereocenters. The molecule has 0 bridgehead atoms. The van der Waals surface area contributed by atoms with E-state index in [1.54, 1.807) is 0 Å². The Bertz CT molecular complexity index is 291. The van der Waals surface area contributed by atoms with Crippen LogP contribution < -0.4 is 5.32 Å². The minimum atomic E-state index is 0.786. The lowest BCUT2D eigenvalue weighted by atomic mass is 10.5. The summed E-state index contributed by atoms with van der Waals surface area (Å²) in [6, 6.07) is 0.786. The van der Waals surface area contributed by atoms with Crippen molar-refractivity contribution < 1.29 is 0 Å². The minimum Gasteiger partial charge on any atom is -0.309 e. The maximum Gasteiger partial charge on any atom is 0.107 e. The fourth-order valence-corrected chi connectivity index (χ4v) is 2.30. The maximum atomic E-state index is 4.39. The highest BCUT2D eigenvalue weighted by Crippen LogP contribution is 2.20. The SMILES string of the molecule is CN(C)Cc1ncc(CNC2CC2)s1. The fourth-order valence-electron chi connectivity index (χ4n) is 1.31. The van der Waals surface area contributed by atoms with E-state index < -0.39 is 0 Å². The second-order valence-electron chi connectivity index (χ2n) is 4.11. The van der Waals surface area contributed by atoms with E-state index in [-0.39, 0.29) is 0 Å². The molecule has 14 heavy (non-hydrogen) atoms. The van der Waals surface area contributed by atoms with Crippen LogP contribution in [0.4, 0.5) is 0 Å². The minimum absolute atomic E-state index is 0.786. The van der Waals surface area contributed by atoms with Gasteiger partial charge in [-0.2, -0.15) is 0 Å². The number of thiazole rings is 1. The molecule has 0 radical (unpaired) electrons. The summed E-state index contributed by atoms with van der Waals surface area (Å²) in [4.78, 5) is 7.90. The first-order chi connectivity index (χ1) is 6.74. The Hall–Kier alpha value is -0.450. The first kappa shape index (κ1) is 10.1. The third kappa shape index (κ3) is 3.04. The lowest BCUT2D eigenvalue weighted by Gasteiger charge is -2.04. The van der Waals surface area contributed by atoms with E-state index in [0.717, 1.165) is 19.1 Å². The number of rotatable bonds is 5. The zero-order chi connectivity index (χ0) is 9.97. The van der Waals surface area contributed by atoms with E-state index in [4.69, 9.17) is 0 Å². The molecule has 0 aliphatic heterocycles. The van der Waals surface area contributed by atoms with Crippen molar-refractivity contribution in [1.82, 2.24) is 15.2 Å². The van der Waals surface area contributed by atoms with Gasteiger partial charge in [0.25, 0.3) is 0 Å². The molecular weight excluding hydrogens is 194 g/mol. The molecule has 1 aliphatic rings. The second-order valence-corrected chi connectivity index (χ2v) is 5.31. The van der Waals surface area contributed by atoms with Gasteiger partial charge in [-0.25, -0.2) is 4.98 Å². The third-order valence-corrected chi connectivity index (χ3v) is 3.18. The average molecular weight is 211 g/mol. The van der Waals surface area contributed by atoms with Gasteiger partial charge in [-0.15, -0.1) is 11.3 Å². The van der Waals surface area contributed by atoms with Gasteiger partial charge in [0.15, 0.2) is 0 Å². The number of nitrogens with zero attached hydrogens (tertiary/aromatic N) is 2. The zero-order valence-corrected chi connectivity index (χ0v) is 9.60. The van der Waals surface area contributed by atoms with Crippen LogP contribution >= 0.6 is 11.3 Å². The highest BCUT2D eigenvalue weighted by Gasteiger charge is 2.20. The fraction of sp³-hybridized carbons (Fsp3) is 0.700. The van der Waals surface area contributed by atoms with Crippen LogP contribution in [-0.4, -0.2) is 30.0 Å². The maximum absolute atomic E-state index is 4.39. The van der Waals surface area contributed by atoms with Crippen LogP contribution in [-0.2, 0) is 13.1 Å². The average Bonchev–Trinajstić information content (AvgIpc) is 2.84. The summed E-state index contributed by atoms with van der Waals surface area (Å²) in [6.45, 7) is 1.95. The van der Waals surface area contributed by atoms with E-state index in [1.165, 1.54) is 22.7 Å². The van der Waals surface area contributed by atoms with Gasteiger partial charge in [0, 0.05) is 30.2 Å². The van der Waals surface area contributed by atoms with E-state index in [2.05, 4.69) is 29.3 Å². The summed E-state index contributed by atoms with van der Waals surface area (Å²) in [5.41, 5.74) is 0. The van der Waals surface area contributed by atoms with Gasteiger partial charge in [0.1, 0.15) is 5.01 Å². The zero-order valence-electron chi connectivity index (χ0n) is 8.79. The number of hydrogen-bond acceptors (Lipinski definition) is 4. The molecule has 1 fully saturated rings. The Balaban J connectivity index is 1.81. The standard InChI is InChI=1S/C10H17N3S/c1-13(2)7-10-12-6-9(14-10)5-11-8-3-4-8/h6,8,11H,3-5,7H2,1-2H3. The molecule has 1 aliphatic carbocycles. The largest absolute Gasteiger partial charge is 0.309 e. The normalized spacial score (nSPS) is 16.5. The van der Waals surface area contributed by atoms with Crippen molar-refractivity contribution in [2.45, 2.75) is 32.0 Å². The molecule has 1 aromatic rings. The summed E-state index contributed by atoms with van der Waals surface area (Å²) < 4.78 is 0. The van der Waals surface area contributed by atoms with Gasteiger partial charge in [0.2, 0.25) is 0 Å². The monoisotopic (exact) mass is 211 g/mol. The van der Waals surface area contributed by atoms with Crippen molar-refractivity contribution in [3.8, 4) is 0 Å². The smallest absolute Gasteiger partial charge is 0.107 e. The summed E-state index contributed by atoms with van der Waals surface area (Å²) in [6.07, 6.45) is 4.70. The van der Waals surface area contributed by atoms with Gasteiger partial charge in [0.05, 0.1) is 0 Å². The molecule has 3 nitrogen and oxygen atoms in total. The Kier molecular flexibility index (Phi) is 3.15. The van der Waals surface area contributed by atoms with Crippen molar-refractivity contribution in [1.29, 1.82) is 0 Å². The van der Waals surface area contributed by atoms with E-state index in [1.807, 2.05) is 17.5 Å². The Morgan fingerprint density at radius 2 is 2.36 bits per heavy atom. The molecule has 0 aromatic carbocycles. The lowest BCUT2D eigenvalue weighted by molar-refractivity contribution is 0.401. The summed E-state index contributed by atoms with van der Waals surface area (Å²) in [5.74, 6) is 0. The third-order valence-electron chi connectivity index (χ3n) is 2.20. The van der Waals surface area contributed by atoms with E-state index >= 15 is 0 Å². The summed E-state index contributed by atoms with van der Waals surface area (Å²) in [5, 5.41) is 4.71. The van der Waals surface area contributed by atoms with Gasteiger partial charge < -0.3 is 10.2 Å². The van der Waals surface area contributed by atoms with Crippen LogP contribution in [0.2, 0.25) is 0 Å². The molecular formula is C10H17N3S. The molecule has 4 heteroatoms. The number of aromatic nitrogens is 1.